The van der Waals surface area contributed by atoms with Gasteiger partial charge in [0.2, 0.25) is 5.75 Å². The molecule has 1 saturated heterocycles. The highest BCUT2D eigenvalue weighted by Gasteiger charge is 2.22. The van der Waals surface area contributed by atoms with E-state index in [1.54, 1.807) is 12.1 Å². The van der Waals surface area contributed by atoms with Crippen LogP contribution in [0.2, 0.25) is 0 Å². The molecular weight excluding hydrogens is 400 g/mol. The molecule has 3 rings (SSSR count). The van der Waals surface area contributed by atoms with E-state index in [4.69, 9.17) is 14.2 Å². The molecule has 2 aromatic rings. The van der Waals surface area contributed by atoms with Gasteiger partial charge in [-0.25, -0.2) is 0 Å². The molecule has 1 fully saturated rings. The molecule has 9 heteroatoms. The number of rotatable bonds is 7. The quantitative estimate of drug-likeness (QED) is 0.642. The number of piperazine rings is 1. The lowest BCUT2D eigenvalue weighted by Gasteiger charge is -2.35. The van der Waals surface area contributed by atoms with Crippen LogP contribution in [0.3, 0.4) is 0 Å². The van der Waals surface area contributed by atoms with Crippen LogP contribution in [0.4, 0.5) is 5.69 Å². The molecule has 2 amide bonds. The van der Waals surface area contributed by atoms with E-state index in [1.807, 2.05) is 18.2 Å². The van der Waals surface area contributed by atoms with Crippen molar-refractivity contribution in [3.63, 3.8) is 0 Å². The second-order valence-corrected chi connectivity index (χ2v) is 6.98. The summed E-state index contributed by atoms with van der Waals surface area (Å²) in [6.45, 7) is 3.41. The van der Waals surface area contributed by atoms with E-state index in [0.29, 0.717) is 11.5 Å². The third kappa shape index (κ3) is 5.37. The van der Waals surface area contributed by atoms with Gasteiger partial charge in [0.15, 0.2) is 11.5 Å². The number of carbonyl (C=O) groups excluding carboxylic acids is 2. The van der Waals surface area contributed by atoms with Gasteiger partial charge in [-0.2, -0.15) is 0 Å². The lowest BCUT2D eigenvalue weighted by atomic mass is 10.1. The lowest BCUT2D eigenvalue weighted by Crippen LogP contribution is -2.52. The molecule has 1 heterocycles. The fourth-order valence-electron chi connectivity index (χ4n) is 3.52. The molecule has 0 unspecified atom stereocenters. The molecule has 0 aromatic heterocycles. The first-order valence-corrected chi connectivity index (χ1v) is 9.98. The molecule has 1 aliphatic heterocycles. The summed E-state index contributed by atoms with van der Waals surface area (Å²) in [4.78, 5) is 29.2. The zero-order valence-corrected chi connectivity index (χ0v) is 18.0. The van der Waals surface area contributed by atoms with Crippen LogP contribution in [-0.2, 0) is 4.79 Å². The van der Waals surface area contributed by atoms with E-state index in [0.717, 1.165) is 26.2 Å². The number of para-hydroxylation sites is 1. The minimum absolute atomic E-state index is 0.200. The highest BCUT2D eigenvalue weighted by atomic mass is 16.5. The highest BCUT2D eigenvalue weighted by Crippen LogP contribution is 2.39. The van der Waals surface area contributed by atoms with Crippen molar-refractivity contribution in [3.05, 3.63) is 48.0 Å². The van der Waals surface area contributed by atoms with Gasteiger partial charge >= 0.3 is 0 Å². The topological polar surface area (TPSA) is 92.4 Å². The maximum Gasteiger partial charge on any atom is 0.273 e. The van der Waals surface area contributed by atoms with Crippen LogP contribution >= 0.6 is 0 Å². The van der Waals surface area contributed by atoms with Crippen LogP contribution in [0, 0.1) is 0 Å². The first kappa shape index (κ1) is 22.2. The molecule has 31 heavy (non-hydrogen) atoms. The number of ether oxygens (including phenoxy) is 3. The molecule has 0 radical (unpaired) electrons. The highest BCUT2D eigenvalue weighted by molar-refractivity contribution is 5.99. The minimum atomic E-state index is -0.514. The minimum Gasteiger partial charge on any atom is -0.493 e. The van der Waals surface area contributed by atoms with Gasteiger partial charge in [0.1, 0.15) is 0 Å². The fourth-order valence-corrected chi connectivity index (χ4v) is 3.52. The summed E-state index contributed by atoms with van der Waals surface area (Å²) in [5.74, 6) is 0.168. The van der Waals surface area contributed by atoms with Crippen molar-refractivity contribution in [1.29, 1.82) is 0 Å². The SMILES string of the molecule is COc1ccc(C(=O)NNC(=O)CN2CCN(c3ccccc3)CC2)c(OC)c1OC. The Hall–Kier alpha value is -3.46. The van der Waals surface area contributed by atoms with Gasteiger partial charge in [0, 0.05) is 31.9 Å². The van der Waals surface area contributed by atoms with Crippen molar-refractivity contribution in [3.8, 4) is 17.2 Å². The third-order valence-electron chi connectivity index (χ3n) is 5.13. The van der Waals surface area contributed by atoms with Gasteiger partial charge in [0.05, 0.1) is 33.4 Å². The molecular formula is C22H28N4O5. The zero-order valence-electron chi connectivity index (χ0n) is 18.0. The van der Waals surface area contributed by atoms with Gasteiger partial charge in [0.25, 0.3) is 11.8 Å². The van der Waals surface area contributed by atoms with Crippen molar-refractivity contribution in [2.24, 2.45) is 0 Å². The van der Waals surface area contributed by atoms with Crippen LogP contribution in [0.5, 0.6) is 17.2 Å². The number of amides is 2. The average Bonchev–Trinajstić information content (AvgIpc) is 2.82. The largest absolute Gasteiger partial charge is 0.493 e. The molecule has 0 spiro atoms. The van der Waals surface area contributed by atoms with Gasteiger partial charge in [-0.1, -0.05) is 18.2 Å². The average molecular weight is 428 g/mol. The number of nitrogens with one attached hydrogen (secondary N) is 2. The van der Waals surface area contributed by atoms with Crippen LogP contribution in [-0.4, -0.2) is 70.8 Å². The second-order valence-electron chi connectivity index (χ2n) is 6.98. The van der Waals surface area contributed by atoms with Crippen LogP contribution in [0.25, 0.3) is 0 Å². The van der Waals surface area contributed by atoms with Crippen molar-refractivity contribution in [2.75, 3.05) is 59.0 Å². The first-order valence-electron chi connectivity index (χ1n) is 9.98. The molecule has 2 N–H and O–H groups in total. The smallest absolute Gasteiger partial charge is 0.273 e. The van der Waals surface area contributed by atoms with Crippen molar-refractivity contribution in [1.82, 2.24) is 15.8 Å². The van der Waals surface area contributed by atoms with E-state index in [1.165, 1.54) is 27.0 Å². The van der Waals surface area contributed by atoms with Crippen LogP contribution in [0.15, 0.2) is 42.5 Å². The number of methoxy groups -OCH3 is 3. The number of anilines is 1. The fraction of sp³-hybridized carbons (Fsp3) is 0.364. The molecule has 166 valence electrons. The van der Waals surface area contributed by atoms with Gasteiger partial charge < -0.3 is 19.1 Å². The number of nitrogens with zero attached hydrogens (tertiary/aromatic N) is 2. The maximum absolute atomic E-state index is 12.6. The summed E-state index contributed by atoms with van der Waals surface area (Å²) in [7, 11) is 4.39. The van der Waals surface area contributed by atoms with E-state index >= 15 is 0 Å². The summed E-state index contributed by atoms with van der Waals surface area (Å²) in [5.41, 5.74) is 6.30. The molecule has 0 aliphatic carbocycles. The van der Waals surface area contributed by atoms with Crippen molar-refractivity contribution in [2.45, 2.75) is 0 Å². The summed E-state index contributed by atoms with van der Waals surface area (Å²) in [6.07, 6.45) is 0. The number of benzene rings is 2. The van der Waals surface area contributed by atoms with Crippen LogP contribution < -0.4 is 30.0 Å². The molecule has 0 bridgehead atoms. The van der Waals surface area contributed by atoms with E-state index < -0.39 is 5.91 Å². The first-order chi connectivity index (χ1) is 15.1. The second kappa shape index (κ2) is 10.5. The number of hydrogen-bond donors (Lipinski definition) is 2. The van der Waals surface area contributed by atoms with Gasteiger partial charge in [-0.05, 0) is 24.3 Å². The van der Waals surface area contributed by atoms with Crippen molar-refractivity contribution >= 4 is 17.5 Å². The van der Waals surface area contributed by atoms with E-state index in [-0.39, 0.29) is 23.8 Å². The Kier molecular flexibility index (Phi) is 7.55. The Bertz CT molecular complexity index is 898. The summed E-state index contributed by atoms with van der Waals surface area (Å²) in [5, 5.41) is 0. The Labute approximate surface area is 181 Å². The normalized spacial score (nSPS) is 14.0. The number of carbonyl (C=O) groups is 2. The predicted octanol–water partition coefficient (Wildman–Crippen LogP) is 1.30. The molecule has 1 aliphatic rings. The molecule has 9 nitrogen and oxygen atoms in total. The number of hydrogen-bond acceptors (Lipinski definition) is 7. The Morgan fingerprint density at radius 1 is 0.839 bits per heavy atom. The standard InChI is InChI=1S/C22H28N4O5/c1-29-18-10-9-17(20(30-2)21(18)31-3)22(28)24-23-19(27)15-25-11-13-26(14-12-25)16-7-5-4-6-8-16/h4-10H,11-15H2,1-3H3,(H,23,27)(H,24,28). The maximum atomic E-state index is 12.6. The summed E-state index contributed by atoms with van der Waals surface area (Å²) in [6, 6.07) is 13.3. The van der Waals surface area contributed by atoms with Crippen molar-refractivity contribution < 1.29 is 23.8 Å². The Balaban J connectivity index is 1.51. The third-order valence-corrected chi connectivity index (χ3v) is 5.13. The number of hydrazine groups is 1. The Morgan fingerprint density at radius 2 is 1.52 bits per heavy atom. The summed E-state index contributed by atoms with van der Waals surface area (Å²) >= 11 is 0. The molecule has 0 atom stereocenters. The molecule has 2 aromatic carbocycles. The zero-order chi connectivity index (χ0) is 22.2. The molecule has 0 saturated carbocycles. The lowest BCUT2D eigenvalue weighted by molar-refractivity contribution is -0.123. The summed E-state index contributed by atoms with van der Waals surface area (Å²) < 4.78 is 15.8. The van der Waals surface area contributed by atoms with E-state index in [2.05, 4.69) is 32.8 Å². The monoisotopic (exact) mass is 428 g/mol. The van der Waals surface area contributed by atoms with E-state index in [9.17, 15) is 9.59 Å². The van der Waals surface area contributed by atoms with Gasteiger partial charge in [-0.3, -0.25) is 25.3 Å². The Morgan fingerprint density at radius 3 is 2.13 bits per heavy atom. The van der Waals surface area contributed by atoms with Crippen LogP contribution in [0.1, 0.15) is 10.4 Å². The predicted molar refractivity (Wildman–Crippen MR) is 117 cm³/mol. The van der Waals surface area contributed by atoms with Gasteiger partial charge in [-0.15, -0.1) is 0 Å².